The molecule has 4 aromatic carbocycles. The fourth-order valence-corrected chi connectivity index (χ4v) is 7.14. The van der Waals surface area contributed by atoms with Crippen molar-refractivity contribution in [3.63, 3.8) is 0 Å². The van der Waals surface area contributed by atoms with Gasteiger partial charge in [-0.2, -0.15) is 15.1 Å². The lowest BCUT2D eigenvalue weighted by atomic mass is 10.2. The average molecular weight is 885 g/mol. The minimum absolute atomic E-state index is 0.132. The van der Waals surface area contributed by atoms with E-state index < -0.39 is 29.1 Å². The van der Waals surface area contributed by atoms with Crippen LogP contribution in [0.3, 0.4) is 0 Å². The fourth-order valence-electron chi connectivity index (χ4n) is 7.02. The van der Waals surface area contributed by atoms with Gasteiger partial charge in [0.25, 0.3) is 0 Å². The Balaban J connectivity index is 0.000000160. The highest BCUT2D eigenvalue weighted by Gasteiger charge is 2.25. The van der Waals surface area contributed by atoms with Crippen molar-refractivity contribution in [1.82, 2.24) is 59.1 Å². The van der Waals surface area contributed by atoms with Crippen LogP contribution in [0.25, 0.3) is 11.4 Å². The van der Waals surface area contributed by atoms with Crippen molar-refractivity contribution >= 4 is 58.1 Å². The maximum absolute atomic E-state index is 14.6. The van der Waals surface area contributed by atoms with Gasteiger partial charge in [-0.1, -0.05) is 0 Å². The SMILES string of the molecule is COc1cc(Nc2nc3n(n2)CCCN3c2ccc(F)c(F)c2)ccc1-n1cnc(Cl)n1.Cc1ncn(-c2ccc(Nc3nc4n(n3)CCCN4c3ccc(F)c(F)c3)cc2F)n1. The third kappa shape index (κ3) is 8.51. The van der Waals surface area contributed by atoms with Crippen molar-refractivity contribution in [3.8, 4) is 17.1 Å². The Hall–Kier alpha value is -7.62. The van der Waals surface area contributed by atoms with Crippen LogP contribution in [0.4, 0.5) is 68.5 Å². The molecule has 2 aliphatic rings. The Morgan fingerprint density at radius 2 is 1.11 bits per heavy atom. The summed E-state index contributed by atoms with van der Waals surface area (Å²) < 4.78 is 80.4. The maximum Gasteiger partial charge on any atom is 0.248 e. The molecule has 6 heterocycles. The summed E-state index contributed by atoms with van der Waals surface area (Å²) in [4.78, 5) is 20.5. The number of halogens is 6. The van der Waals surface area contributed by atoms with Crippen molar-refractivity contribution in [1.29, 1.82) is 0 Å². The van der Waals surface area contributed by atoms with Gasteiger partial charge in [0.2, 0.25) is 29.1 Å². The molecule has 0 bridgehead atoms. The molecule has 8 aromatic rings. The molecule has 2 aliphatic heterocycles. The normalized spacial score (nSPS) is 13.3. The van der Waals surface area contributed by atoms with Crippen LogP contribution in [0.15, 0.2) is 85.5 Å². The molecule has 0 saturated heterocycles. The van der Waals surface area contributed by atoms with Gasteiger partial charge in [0, 0.05) is 67.1 Å². The quantitative estimate of drug-likeness (QED) is 0.135. The van der Waals surface area contributed by atoms with Crippen LogP contribution in [-0.2, 0) is 13.1 Å². The first-order valence-corrected chi connectivity index (χ1v) is 19.7. The van der Waals surface area contributed by atoms with Gasteiger partial charge < -0.3 is 25.2 Å². The van der Waals surface area contributed by atoms with Crippen LogP contribution in [0.2, 0.25) is 5.28 Å². The number of fused-ring (bicyclic) bond motifs is 2. The van der Waals surface area contributed by atoms with E-state index in [1.54, 1.807) is 52.6 Å². The zero-order valence-corrected chi connectivity index (χ0v) is 34.0. The third-order valence-corrected chi connectivity index (χ3v) is 10.1. The Labute approximate surface area is 359 Å². The van der Waals surface area contributed by atoms with Crippen LogP contribution in [0.1, 0.15) is 18.7 Å². The Morgan fingerprint density at radius 3 is 1.60 bits per heavy atom. The smallest absolute Gasteiger partial charge is 0.248 e. The summed E-state index contributed by atoms with van der Waals surface area (Å²) in [7, 11) is 1.55. The Morgan fingerprint density at radius 1 is 0.571 bits per heavy atom. The lowest BCUT2D eigenvalue weighted by molar-refractivity contribution is 0.412. The highest BCUT2D eigenvalue weighted by Crippen LogP contribution is 2.33. The van der Waals surface area contributed by atoms with Crippen molar-refractivity contribution in [2.24, 2.45) is 0 Å². The van der Waals surface area contributed by atoms with Gasteiger partial charge in [0.1, 0.15) is 35.6 Å². The number of ether oxygens (including phenoxy) is 1. The number of aromatic nitrogens is 12. The molecule has 0 unspecified atom stereocenters. The predicted molar refractivity (Wildman–Crippen MR) is 222 cm³/mol. The molecule has 63 heavy (non-hydrogen) atoms. The molecule has 0 fully saturated rings. The molecule has 17 nitrogen and oxygen atoms in total. The molecule has 0 amide bonds. The fraction of sp³-hybridized carbons (Fsp3) is 0.200. The number of benzene rings is 4. The lowest BCUT2D eigenvalue weighted by Gasteiger charge is -2.27. The molecular weight excluding hydrogens is 851 g/mol. The summed E-state index contributed by atoms with van der Waals surface area (Å²) in [5.41, 5.74) is 3.09. The summed E-state index contributed by atoms with van der Waals surface area (Å²) >= 11 is 5.81. The van der Waals surface area contributed by atoms with Crippen LogP contribution in [0.5, 0.6) is 5.75 Å². The first kappa shape index (κ1) is 40.8. The number of aryl methyl sites for hydroxylation is 3. The van der Waals surface area contributed by atoms with E-state index in [2.05, 4.69) is 51.0 Å². The number of nitrogens with zero attached hydrogens (tertiary/aromatic N) is 14. The number of hydrogen-bond donors (Lipinski definition) is 2. The standard InChI is InChI=1S/C20H17ClF2N8O.C20H17F3N8/c1-32-17-9-12(3-6-16(17)31-11-24-18(21)27-31)25-19-26-20-29(7-2-8-30(20)28-19)13-4-5-14(22)15(23)10-13;1-12-24-11-31(27-12)18-6-3-13(9-17(18)23)25-19-26-20-29(7-2-8-30(20)28-19)14-4-5-15(21)16(22)10-14/h3-6,9-11H,2,7-8H2,1H3,(H,25,28);3-6,9-11H,2,7-8H2,1H3,(H,25,28). The minimum Gasteiger partial charge on any atom is -0.494 e. The number of hydrogen-bond acceptors (Lipinski definition) is 13. The lowest BCUT2D eigenvalue weighted by Crippen LogP contribution is -2.28. The topological polar surface area (TPSA) is 163 Å². The second-order valence-corrected chi connectivity index (χ2v) is 14.5. The highest BCUT2D eigenvalue weighted by atomic mass is 35.5. The van der Waals surface area contributed by atoms with Gasteiger partial charge in [0.15, 0.2) is 29.1 Å². The zero-order valence-electron chi connectivity index (χ0n) is 33.3. The number of methoxy groups -OCH3 is 1. The molecule has 0 radical (unpaired) electrons. The molecule has 4 aromatic heterocycles. The summed E-state index contributed by atoms with van der Waals surface area (Å²) in [6, 6.07) is 17.5. The average Bonchev–Trinajstić information content (AvgIpc) is 4.10. The zero-order chi connectivity index (χ0) is 43.8. The summed E-state index contributed by atoms with van der Waals surface area (Å²) in [5.74, 6) is -1.34. The number of anilines is 8. The van der Waals surface area contributed by atoms with E-state index in [1.165, 1.54) is 40.2 Å². The van der Waals surface area contributed by atoms with E-state index in [1.807, 2.05) is 11.0 Å². The molecule has 2 N–H and O–H groups in total. The van der Waals surface area contributed by atoms with E-state index in [0.29, 0.717) is 84.0 Å². The van der Waals surface area contributed by atoms with E-state index in [4.69, 9.17) is 16.3 Å². The van der Waals surface area contributed by atoms with E-state index in [0.717, 1.165) is 37.1 Å². The Bertz CT molecular complexity index is 2950. The molecule has 322 valence electrons. The maximum atomic E-state index is 14.6. The third-order valence-electron chi connectivity index (χ3n) is 9.92. The predicted octanol–water partition coefficient (Wildman–Crippen LogP) is 7.95. The molecule has 0 saturated carbocycles. The van der Waals surface area contributed by atoms with E-state index >= 15 is 0 Å². The van der Waals surface area contributed by atoms with Crippen LogP contribution >= 0.6 is 11.6 Å². The van der Waals surface area contributed by atoms with Crippen LogP contribution < -0.4 is 25.2 Å². The molecule has 0 atom stereocenters. The van der Waals surface area contributed by atoms with Gasteiger partial charge in [-0.05, 0) is 86.0 Å². The van der Waals surface area contributed by atoms with E-state index in [9.17, 15) is 22.0 Å². The number of nitrogens with one attached hydrogen (secondary N) is 2. The molecule has 10 rings (SSSR count). The number of rotatable bonds is 9. The van der Waals surface area contributed by atoms with Crippen molar-refractivity contribution in [2.75, 3.05) is 40.6 Å². The first-order chi connectivity index (χ1) is 30.5. The second kappa shape index (κ2) is 17.0. The Kier molecular flexibility index (Phi) is 11.0. The monoisotopic (exact) mass is 884 g/mol. The van der Waals surface area contributed by atoms with Crippen LogP contribution in [-0.4, -0.2) is 79.3 Å². The van der Waals surface area contributed by atoms with Gasteiger partial charge in [-0.3, -0.25) is 0 Å². The molecule has 0 spiro atoms. The van der Waals surface area contributed by atoms with Gasteiger partial charge >= 0.3 is 0 Å². The van der Waals surface area contributed by atoms with Crippen molar-refractivity contribution in [2.45, 2.75) is 32.9 Å². The second-order valence-electron chi connectivity index (χ2n) is 14.1. The van der Waals surface area contributed by atoms with Crippen molar-refractivity contribution in [3.05, 3.63) is 126 Å². The van der Waals surface area contributed by atoms with Gasteiger partial charge in [0.05, 0.1) is 7.11 Å². The summed E-state index contributed by atoms with van der Waals surface area (Å²) in [5, 5.41) is 23.4. The summed E-state index contributed by atoms with van der Waals surface area (Å²) in [6.45, 7) is 4.22. The van der Waals surface area contributed by atoms with Crippen molar-refractivity contribution < 1.29 is 26.7 Å². The van der Waals surface area contributed by atoms with Gasteiger partial charge in [-0.15, -0.1) is 15.3 Å². The first-order valence-electron chi connectivity index (χ1n) is 19.3. The molecular formula is C40H34ClF5N16O. The minimum atomic E-state index is -0.925. The molecule has 0 aliphatic carbocycles. The molecule has 23 heteroatoms. The highest BCUT2D eigenvalue weighted by molar-refractivity contribution is 6.28. The van der Waals surface area contributed by atoms with E-state index in [-0.39, 0.29) is 16.9 Å². The largest absolute Gasteiger partial charge is 0.494 e. The van der Waals surface area contributed by atoms with Gasteiger partial charge in [-0.25, -0.2) is 50.6 Å². The summed E-state index contributed by atoms with van der Waals surface area (Å²) in [6.07, 6.45) is 4.48. The van der Waals surface area contributed by atoms with Crippen LogP contribution in [0, 0.1) is 36.0 Å².